The minimum Gasteiger partial charge on any atom is -0.478 e. The molecule has 0 saturated heterocycles. The molecule has 0 bridgehead atoms. The van der Waals surface area contributed by atoms with Gasteiger partial charge in [-0.3, -0.25) is 0 Å². The number of hydrogen-bond donors (Lipinski definition) is 2. The molecule has 12 heavy (non-hydrogen) atoms. The minimum absolute atomic E-state index is 0.00868. The van der Waals surface area contributed by atoms with E-state index in [9.17, 15) is 4.79 Å². The van der Waals surface area contributed by atoms with E-state index in [0.29, 0.717) is 4.47 Å². The first-order valence-corrected chi connectivity index (χ1v) is 4.17. The lowest BCUT2D eigenvalue weighted by Crippen LogP contribution is -2.02. The summed E-state index contributed by atoms with van der Waals surface area (Å²) in [6.45, 7) is 0. The molecular formula is C7H5BrClNO2. The molecule has 0 aromatic heterocycles. The summed E-state index contributed by atoms with van der Waals surface area (Å²) in [6, 6.07) is 2.95. The summed E-state index contributed by atoms with van der Waals surface area (Å²) in [5.41, 5.74) is 5.52. The highest BCUT2D eigenvalue weighted by molar-refractivity contribution is 9.10. The van der Waals surface area contributed by atoms with Gasteiger partial charge in [0.15, 0.2) is 0 Å². The largest absolute Gasteiger partial charge is 0.478 e. The van der Waals surface area contributed by atoms with E-state index in [1.807, 2.05) is 0 Å². The summed E-state index contributed by atoms with van der Waals surface area (Å²) in [4.78, 5) is 10.6. The molecule has 64 valence electrons. The molecule has 1 aromatic carbocycles. The number of carboxylic acids is 1. The third-order valence-electron chi connectivity index (χ3n) is 1.32. The van der Waals surface area contributed by atoms with Crippen LogP contribution in [0.3, 0.4) is 0 Å². The third kappa shape index (κ3) is 1.70. The van der Waals surface area contributed by atoms with E-state index < -0.39 is 5.97 Å². The van der Waals surface area contributed by atoms with Crippen molar-refractivity contribution in [3.05, 3.63) is 27.2 Å². The number of halogens is 2. The molecule has 0 unspecified atom stereocenters. The predicted molar refractivity (Wildman–Crippen MR) is 50.5 cm³/mol. The van der Waals surface area contributed by atoms with Crippen LogP contribution >= 0.6 is 27.5 Å². The van der Waals surface area contributed by atoms with Gasteiger partial charge in [0.2, 0.25) is 0 Å². The minimum atomic E-state index is -1.09. The van der Waals surface area contributed by atoms with Crippen LogP contribution in [0.1, 0.15) is 10.4 Å². The van der Waals surface area contributed by atoms with E-state index in [1.54, 1.807) is 6.07 Å². The molecule has 0 amide bonds. The topological polar surface area (TPSA) is 63.3 Å². The molecule has 0 heterocycles. The van der Waals surface area contributed by atoms with E-state index in [1.165, 1.54) is 6.07 Å². The first-order valence-electron chi connectivity index (χ1n) is 3.00. The average molecular weight is 250 g/mol. The van der Waals surface area contributed by atoms with Crippen LogP contribution in [-0.2, 0) is 0 Å². The molecule has 3 N–H and O–H groups in total. The Morgan fingerprint density at radius 3 is 2.67 bits per heavy atom. The van der Waals surface area contributed by atoms with Crippen molar-refractivity contribution in [1.82, 2.24) is 0 Å². The summed E-state index contributed by atoms with van der Waals surface area (Å²) in [7, 11) is 0. The molecule has 0 aliphatic heterocycles. The molecule has 3 nitrogen and oxygen atoms in total. The molecule has 0 spiro atoms. The quantitative estimate of drug-likeness (QED) is 0.752. The standard InChI is InChI=1S/C7H5BrClNO2/c8-3-1-4(7(11)12)6(10)5(9)2-3/h1-2H,10H2,(H,11,12). The molecule has 5 heteroatoms. The lowest BCUT2D eigenvalue weighted by atomic mass is 10.2. The molecule has 0 aliphatic rings. The van der Waals surface area contributed by atoms with Gasteiger partial charge < -0.3 is 10.8 Å². The van der Waals surface area contributed by atoms with E-state index in [0.717, 1.165) is 0 Å². The fourth-order valence-electron chi connectivity index (χ4n) is 0.762. The molecule has 0 fully saturated rings. The summed E-state index contributed by atoms with van der Waals surface area (Å²) < 4.78 is 0.596. The van der Waals surface area contributed by atoms with Crippen molar-refractivity contribution in [2.24, 2.45) is 0 Å². The number of carboxylic acid groups (broad SMARTS) is 1. The monoisotopic (exact) mass is 249 g/mol. The Labute approximate surface area is 82.3 Å². The van der Waals surface area contributed by atoms with Gasteiger partial charge in [0.25, 0.3) is 0 Å². The van der Waals surface area contributed by atoms with Gasteiger partial charge in [-0.1, -0.05) is 27.5 Å². The highest BCUT2D eigenvalue weighted by Crippen LogP contribution is 2.27. The van der Waals surface area contributed by atoms with E-state index in [-0.39, 0.29) is 16.3 Å². The summed E-state index contributed by atoms with van der Waals surface area (Å²) in [5, 5.41) is 8.89. The Balaban J connectivity index is 3.37. The second-order valence-corrected chi connectivity index (χ2v) is 3.48. The second-order valence-electron chi connectivity index (χ2n) is 2.15. The highest BCUT2D eigenvalue weighted by atomic mass is 79.9. The second kappa shape index (κ2) is 3.33. The van der Waals surface area contributed by atoms with Gasteiger partial charge in [-0.05, 0) is 12.1 Å². The van der Waals surface area contributed by atoms with E-state index >= 15 is 0 Å². The first-order chi connectivity index (χ1) is 5.52. The maximum Gasteiger partial charge on any atom is 0.337 e. The number of anilines is 1. The molecule has 0 radical (unpaired) electrons. The van der Waals surface area contributed by atoms with Crippen molar-refractivity contribution in [3.63, 3.8) is 0 Å². The molecule has 1 aromatic rings. The van der Waals surface area contributed by atoms with Gasteiger partial charge in [-0.15, -0.1) is 0 Å². The van der Waals surface area contributed by atoms with Crippen LogP contribution in [-0.4, -0.2) is 11.1 Å². The van der Waals surface area contributed by atoms with Crippen LogP contribution < -0.4 is 5.73 Å². The van der Waals surface area contributed by atoms with Crippen LogP contribution in [0.4, 0.5) is 5.69 Å². The van der Waals surface area contributed by atoms with Crippen molar-refractivity contribution < 1.29 is 9.90 Å². The van der Waals surface area contributed by atoms with Crippen molar-refractivity contribution >= 4 is 39.2 Å². The van der Waals surface area contributed by atoms with Gasteiger partial charge in [-0.2, -0.15) is 0 Å². The van der Waals surface area contributed by atoms with Crippen LogP contribution in [0, 0.1) is 0 Å². The molecular weight excluding hydrogens is 245 g/mol. The molecule has 1 rings (SSSR count). The maximum atomic E-state index is 10.6. The third-order valence-corrected chi connectivity index (χ3v) is 2.10. The summed E-state index contributed by atoms with van der Waals surface area (Å²) in [5.74, 6) is -1.09. The van der Waals surface area contributed by atoms with Crippen LogP contribution in [0.5, 0.6) is 0 Å². The van der Waals surface area contributed by atoms with Crippen molar-refractivity contribution in [3.8, 4) is 0 Å². The molecule has 0 saturated carbocycles. The highest BCUT2D eigenvalue weighted by Gasteiger charge is 2.11. The Bertz CT molecular complexity index is 340. The lowest BCUT2D eigenvalue weighted by Gasteiger charge is -2.03. The summed E-state index contributed by atoms with van der Waals surface area (Å²) in [6.07, 6.45) is 0. The Morgan fingerprint density at radius 2 is 2.17 bits per heavy atom. The Hall–Kier alpha value is -0.740. The van der Waals surface area contributed by atoms with Crippen molar-refractivity contribution in [2.75, 3.05) is 5.73 Å². The number of aromatic carboxylic acids is 1. The summed E-state index contributed by atoms with van der Waals surface area (Å²) >= 11 is 8.76. The fourth-order valence-corrected chi connectivity index (χ4v) is 1.57. The fraction of sp³-hybridized carbons (Fsp3) is 0. The number of nitrogens with two attached hydrogens (primary N) is 1. The number of carbonyl (C=O) groups is 1. The SMILES string of the molecule is Nc1c(Cl)cc(Br)cc1C(=O)O. The van der Waals surface area contributed by atoms with E-state index in [4.69, 9.17) is 22.4 Å². The zero-order valence-corrected chi connectivity index (χ0v) is 8.19. The van der Waals surface area contributed by atoms with Crippen molar-refractivity contribution in [2.45, 2.75) is 0 Å². The first kappa shape index (κ1) is 9.35. The number of benzene rings is 1. The zero-order valence-electron chi connectivity index (χ0n) is 5.84. The smallest absolute Gasteiger partial charge is 0.337 e. The van der Waals surface area contributed by atoms with Gasteiger partial charge in [0, 0.05) is 4.47 Å². The molecule has 0 atom stereocenters. The number of rotatable bonds is 1. The van der Waals surface area contributed by atoms with Crippen LogP contribution in [0.15, 0.2) is 16.6 Å². The van der Waals surface area contributed by atoms with Gasteiger partial charge in [0.05, 0.1) is 16.3 Å². The predicted octanol–water partition coefficient (Wildman–Crippen LogP) is 2.38. The number of nitrogen functional groups attached to an aromatic ring is 1. The van der Waals surface area contributed by atoms with E-state index in [2.05, 4.69) is 15.9 Å². The molecule has 0 aliphatic carbocycles. The van der Waals surface area contributed by atoms with Crippen molar-refractivity contribution in [1.29, 1.82) is 0 Å². The van der Waals surface area contributed by atoms with Gasteiger partial charge >= 0.3 is 5.97 Å². The van der Waals surface area contributed by atoms with Gasteiger partial charge in [0.1, 0.15) is 0 Å². The number of hydrogen-bond acceptors (Lipinski definition) is 2. The van der Waals surface area contributed by atoms with Gasteiger partial charge in [-0.25, -0.2) is 4.79 Å². The Kier molecular flexibility index (Phi) is 2.59. The normalized spacial score (nSPS) is 9.83. The maximum absolute atomic E-state index is 10.6. The lowest BCUT2D eigenvalue weighted by molar-refractivity contribution is 0.0698. The van der Waals surface area contributed by atoms with Crippen LogP contribution in [0.25, 0.3) is 0 Å². The van der Waals surface area contributed by atoms with Crippen LogP contribution in [0.2, 0.25) is 5.02 Å². The zero-order chi connectivity index (χ0) is 9.30. The average Bonchev–Trinajstić information content (AvgIpc) is 1.96. The Morgan fingerprint density at radius 1 is 1.58 bits per heavy atom.